The largest absolute Gasteiger partial charge is 0.398 e. The number of nitrogen functional groups attached to an aromatic ring is 1. The first-order chi connectivity index (χ1) is 10.1. The lowest BCUT2D eigenvalue weighted by molar-refractivity contribution is 0.611. The van der Waals surface area contributed by atoms with Gasteiger partial charge >= 0.3 is 0 Å². The number of rotatable bonds is 2. The molecule has 0 radical (unpaired) electrons. The number of hydrogen-bond acceptors (Lipinski definition) is 4. The Labute approximate surface area is 127 Å². The minimum absolute atomic E-state index is 0.235. The predicted molar refractivity (Wildman–Crippen MR) is 84.8 cm³/mol. The highest BCUT2D eigenvalue weighted by molar-refractivity contribution is 6.33. The van der Waals surface area contributed by atoms with Gasteiger partial charge in [0.25, 0.3) is 5.56 Å². The van der Waals surface area contributed by atoms with Gasteiger partial charge in [-0.25, -0.2) is 4.68 Å². The van der Waals surface area contributed by atoms with Crippen LogP contribution in [0.15, 0.2) is 29.2 Å². The van der Waals surface area contributed by atoms with E-state index < -0.39 is 0 Å². The number of fused-ring (bicyclic) bond motifs is 1. The Morgan fingerprint density at radius 3 is 3.00 bits per heavy atom. The van der Waals surface area contributed by atoms with Crippen LogP contribution < -0.4 is 16.2 Å². The Bertz CT molecular complexity index is 741. The molecule has 0 saturated carbocycles. The summed E-state index contributed by atoms with van der Waals surface area (Å²) >= 11 is 6.23. The molecule has 6 heteroatoms. The summed E-state index contributed by atoms with van der Waals surface area (Å²) in [4.78, 5) is 14.2. The van der Waals surface area contributed by atoms with Crippen LogP contribution >= 0.6 is 11.6 Å². The Morgan fingerprint density at radius 1 is 1.43 bits per heavy atom. The van der Waals surface area contributed by atoms with E-state index >= 15 is 0 Å². The van der Waals surface area contributed by atoms with Crippen molar-refractivity contribution in [1.82, 2.24) is 9.78 Å². The van der Waals surface area contributed by atoms with Crippen LogP contribution in [0.25, 0.3) is 0 Å². The molecule has 2 aromatic rings. The summed E-state index contributed by atoms with van der Waals surface area (Å²) in [5.41, 5.74) is 9.66. The molecule has 1 aliphatic rings. The van der Waals surface area contributed by atoms with Gasteiger partial charge in [0, 0.05) is 25.3 Å². The second kappa shape index (κ2) is 5.41. The van der Waals surface area contributed by atoms with Crippen molar-refractivity contribution in [1.29, 1.82) is 0 Å². The van der Waals surface area contributed by atoms with Crippen LogP contribution in [0.3, 0.4) is 0 Å². The van der Waals surface area contributed by atoms with Crippen LogP contribution in [0.4, 0.5) is 11.4 Å². The summed E-state index contributed by atoms with van der Waals surface area (Å²) in [5, 5.41) is 4.40. The second-order valence-electron chi connectivity index (χ2n) is 5.12. The van der Waals surface area contributed by atoms with Gasteiger partial charge in [-0.15, -0.1) is 0 Å². The van der Waals surface area contributed by atoms with Crippen LogP contribution in [0, 0.1) is 0 Å². The number of aryl methyl sites for hydroxylation is 1. The Hall–Kier alpha value is -2.01. The van der Waals surface area contributed by atoms with Gasteiger partial charge < -0.3 is 10.6 Å². The molecule has 0 fully saturated rings. The molecule has 21 heavy (non-hydrogen) atoms. The molecule has 1 aromatic heterocycles. The number of anilines is 2. The minimum atomic E-state index is -0.241. The second-order valence-corrected chi connectivity index (χ2v) is 5.50. The third-order valence-corrected chi connectivity index (χ3v) is 4.26. The van der Waals surface area contributed by atoms with Gasteiger partial charge in [-0.3, -0.25) is 4.79 Å². The lowest BCUT2D eigenvalue weighted by Gasteiger charge is -2.31. The Morgan fingerprint density at radius 2 is 2.24 bits per heavy atom. The lowest BCUT2D eigenvalue weighted by atomic mass is 9.98. The maximum Gasteiger partial charge on any atom is 0.287 e. The van der Waals surface area contributed by atoms with Crippen molar-refractivity contribution in [3.63, 3.8) is 0 Å². The van der Waals surface area contributed by atoms with E-state index in [-0.39, 0.29) is 10.6 Å². The smallest absolute Gasteiger partial charge is 0.287 e. The van der Waals surface area contributed by atoms with Gasteiger partial charge in [-0.05, 0) is 30.5 Å². The molecular weight excluding hydrogens is 288 g/mol. The maximum absolute atomic E-state index is 12.1. The maximum atomic E-state index is 12.1. The van der Waals surface area contributed by atoms with Gasteiger partial charge in [-0.1, -0.05) is 23.7 Å². The third kappa shape index (κ3) is 2.38. The first-order valence-corrected chi connectivity index (χ1v) is 7.36. The molecule has 0 saturated heterocycles. The van der Waals surface area contributed by atoms with Crippen LogP contribution in [-0.4, -0.2) is 16.3 Å². The van der Waals surface area contributed by atoms with Crippen molar-refractivity contribution >= 4 is 23.0 Å². The zero-order valence-electron chi connectivity index (χ0n) is 11.8. The Balaban J connectivity index is 1.97. The van der Waals surface area contributed by atoms with Gasteiger partial charge in [0.15, 0.2) is 0 Å². The number of aromatic nitrogens is 2. The normalized spacial score (nSPS) is 14.1. The van der Waals surface area contributed by atoms with E-state index in [1.165, 1.54) is 15.8 Å². The van der Waals surface area contributed by atoms with E-state index in [0.717, 1.165) is 18.7 Å². The van der Waals surface area contributed by atoms with Crippen LogP contribution in [0.2, 0.25) is 5.02 Å². The van der Waals surface area contributed by atoms with Gasteiger partial charge in [0.05, 0.1) is 11.9 Å². The molecule has 0 bridgehead atoms. The van der Waals surface area contributed by atoms with E-state index in [4.69, 9.17) is 17.3 Å². The van der Waals surface area contributed by atoms with E-state index in [1.807, 2.05) is 19.1 Å². The molecule has 5 nitrogen and oxygen atoms in total. The summed E-state index contributed by atoms with van der Waals surface area (Å²) in [6, 6.07) is 5.94. The van der Waals surface area contributed by atoms with Crippen LogP contribution in [-0.2, 0) is 19.5 Å². The molecule has 0 aliphatic carbocycles. The summed E-state index contributed by atoms with van der Waals surface area (Å²) in [5.74, 6) is 0. The third-order valence-electron chi connectivity index (χ3n) is 3.91. The van der Waals surface area contributed by atoms with Gasteiger partial charge in [0.2, 0.25) is 0 Å². The van der Waals surface area contributed by atoms with Crippen LogP contribution in [0.1, 0.15) is 18.1 Å². The number of nitrogens with zero attached hydrogens (tertiary/aromatic N) is 3. The highest BCUT2D eigenvalue weighted by Crippen LogP contribution is 2.29. The topological polar surface area (TPSA) is 64.2 Å². The molecule has 0 spiro atoms. The average molecular weight is 305 g/mol. The molecule has 2 heterocycles. The van der Waals surface area contributed by atoms with Crippen molar-refractivity contribution in [3.05, 3.63) is 50.9 Å². The Kier molecular flexibility index (Phi) is 3.59. The summed E-state index contributed by atoms with van der Waals surface area (Å²) in [6.07, 6.45) is 2.51. The summed E-state index contributed by atoms with van der Waals surface area (Å²) in [6.45, 7) is 3.85. The summed E-state index contributed by atoms with van der Waals surface area (Å²) in [7, 11) is 0. The molecule has 0 amide bonds. The van der Waals surface area contributed by atoms with Crippen molar-refractivity contribution in [2.24, 2.45) is 0 Å². The number of benzene rings is 1. The van der Waals surface area contributed by atoms with Gasteiger partial charge in [-0.2, -0.15) is 5.10 Å². The number of nitrogens with two attached hydrogens (primary N) is 1. The standard InChI is InChI=1S/C15H17ClN4O/c1-2-20-15(21)14(16)13(8-18-20)19-7-6-11-10(9-19)4-3-5-12(11)17/h3-5,8H,2,6-7,9,17H2,1H3. The van der Waals surface area contributed by atoms with Crippen molar-refractivity contribution in [2.45, 2.75) is 26.4 Å². The molecule has 1 aliphatic heterocycles. The molecular formula is C15H17ClN4O. The number of halogens is 1. The molecule has 110 valence electrons. The van der Waals surface area contributed by atoms with E-state index in [9.17, 15) is 4.79 Å². The quantitative estimate of drug-likeness (QED) is 0.863. The first-order valence-electron chi connectivity index (χ1n) is 6.98. The van der Waals surface area contributed by atoms with Crippen LogP contribution in [0.5, 0.6) is 0 Å². The fraction of sp³-hybridized carbons (Fsp3) is 0.333. The zero-order chi connectivity index (χ0) is 15.0. The highest BCUT2D eigenvalue weighted by atomic mass is 35.5. The van der Waals surface area contributed by atoms with E-state index in [1.54, 1.807) is 6.20 Å². The monoisotopic (exact) mass is 304 g/mol. The SMILES string of the molecule is CCn1ncc(N2CCc3c(N)cccc3C2)c(Cl)c1=O. The zero-order valence-corrected chi connectivity index (χ0v) is 12.6. The lowest BCUT2D eigenvalue weighted by Crippen LogP contribution is -2.33. The average Bonchev–Trinajstić information content (AvgIpc) is 2.50. The molecule has 3 rings (SSSR count). The predicted octanol–water partition coefficient (Wildman–Crippen LogP) is 2.06. The van der Waals surface area contributed by atoms with Crippen molar-refractivity contribution < 1.29 is 0 Å². The van der Waals surface area contributed by atoms with E-state index in [2.05, 4.69) is 16.1 Å². The minimum Gasteiger partial charge on any atom is -0.398 e. The fourth-order valence-electron chi connectivity index (χ4n) is 2.75. The highest BCUT2D eigenvalue weighted by Gasteiger charge is 2.21. The van der Waals surface area contributed by atoms with Gasteiger partial charge in [0.1, 0.15) is 5.02 Å². The molecule has 2 N–H and O–H groups in total. The first kappa shape index (κ1) is 13.9. The number of hydrogen-bond donors (Lipinski definition) is 1. The molecule has 0 atom stereocenters. The molecule has 0 unspecified atom stereocenters. The van der Waals surface area contributed by atoms with Crippen molar-refractivity contribution in [2.75, 3.05) is 17.2 Å². The van der Waals surface area contributed by atoms with Crippen molar-refractivity contribution in [3.8, 4) is 0 Å². The fourth-order valence-corrected chi connectivity index (χ4v) is 3.01. The van der Waals surface area contributed by atoms with E-state index in [0.29, 0.717) is 18.8 Å². The molecule has 1 aromatic carbocycles. The summed E-state index contributed by atoms with van der Waals surface area (Å²) < 4.78 is 1.36.